The molecule has 0 spiro atoms. The number of rotatable bonds is 3. The topological polar surface area (TPSA) is 126 Å². The molecule has 4 N–H and O–H groups in total. The first kappa shape index (κ1) is 18.7. The highest BCUT2D eigenvalue weighted by molar-refractivity contribution is 5.95. The summed E-state index contributed by atoms with van der Waals surface area (Å²) in [6.07, 6.45) is 1.37. The van der Waals surface area contributed by atoms with E-state index in [0.717, 1.165) is 5.69 Å². The molecule has 9 nitrogen and oxygen atoms in total. The van der Waals surface area contributed by atoms with Crippen LogP contribution in [-0.4, -0.2) is 39.6 Å². The summed E-state index contributed by atoms with van der Waals surface area (Å²) in [4.78, 5) is 45.2. The van der Waals surface area contributed by atoms with Crippen LogP contribution in [0.2, 0.25) is 0 Å². The van der Waals surface area contributed by atoms with E-state index in [9.17, 15) is 14.4 Å². The number of nitrogens with two attached hydrogens (primary N) is 1. The zero-order valence-corrected chi connectivity index (χ0v) is 15.7. The van der Waals surface area contributed by atoms with Crippen molar-refractivity contribution in [2.75, 3.05) is 23.7 Å². The van der Waals surface area contributed by atoms with Crippen molar-refractivity contribution in [3.63, 3.8) is 0 Å². The number of H-pyrrole nitrogens is 1. The Balaban J connectivity index is 1.68. The van der Waals surface area contributed by atoms with Crippen molar-refractivity contribution >= 4 is 17.7 Å². The van der Waals surface area contributed by atoms with E-state index in [1.807, 2.05) is 17.9 Å². The number of hydrogen-bond acceptors (Lipinski definition) is 6. The molecule has 1 saturated heterocycles. The third-order valence-corrected chi connectivity index (χ3v) is 4.99. The zero-order chi connectivity index (χ0) is 19.7. The molecule has 1 aliphatic heterocycles. The molecule has 144 valence electrons. The number of nitrogens with zero attached hydrogens (tertiary/aromatic N) is 3. The average molecular weight is 372 g/mol. The monoisotopic (exact) mass is 372 g/mol. The van der Waals surface area contributed by atoms with Gasteiger partial charge in [0.15, 0.2) is 0 Å². The van der Waals surface area contributed by atoms with Gasteiger partial charge in [-0.2, -0.15) is 4.98 Å². The first-order valence-electron chi connectivity index (χ1n) is 8.86. The zero-order valence-electron chi connectivity index (χ0n) is 15.7. The number of anilines is 2. The molecule has 9 heteroatoms. The molecule has 2 aromatic heterocycles. The van der Waals surface area contributed by atoms with Gasteiger partial charge in [-0.15, -0.1) is 0 Å². The average Bonchev–Trinajstić information content (AvgIpc) is 2.59. The van der Waals surface area contributed by atoms with E-state index in [-0.39, 0.29) is 34.6 Å². The number of aromatic amines is 1. The summed E-state index contributed by atoms with van der Waals surface area (Å²) in [6, 6.07) is 3.20. The van der Waals surface area contributed by atoms with Crippen molar-refractivity contribution in [3.05, 3.63) is 49.7 Å². The van der Waals surface area contributed by atoms with Gasteiger partial charge in [0.25, 0.3) is 17.0 Å². The number of piperidine rings is 1. The highest BCUT2D eigenvalue weighted by Gasteiger charge is 2.24. The van der Waals surface area contributed by atoms with Gasteiger partial charge < -0.3 is 20.5 Å². The second kappa shape index (κ2) is 7.26. The Labute approximate surface area is 156 Å². The molecule has 0 atom stereocenters. The number of nitrogens with one attached hydrogen (secondary N) is 2. The van der Waals surface area contributed by atoms with Crippen molar-refractivity contribution < 1.29 is 4.79 Å². The fourth-order valence-corrected chi connectivity index (χ4v) is 3.39. The van der Waals surface area contributed by atoms with Crippen molar-refractivity contribution in [2.24, 2.45) is 7.05 Å². The van der Waals surface area contributed by atoms with Gasteiger partial charge >= 0.3 is 0 Å². The van der Waals surface area contributed by atoms with Crippen molar-refractivity contribution in [3.8, 4) is 0 Å². The molecule has 27 heavy (non-hydrogen) atoms. The molecule has 3 heterocycles. The summed E-state index contributed by atoms with van der Waals surface area (Å²) in [5.41, 5.74) is 6.69. The predicted molar refractivity (Wildman–Crippen MR) is 103 cm³/mol. The van der Waals surface area contributed by atoms with Crippen molar-refractivity contribution in [2.45, 2.75) is 32.7 Å². The van der Waals surface area contributed by atoms with Gasteiger partial charge in [0.1, 0.15) is 11.4 Å². The van der Waals surface area contributed by atoms with E-state index in [1.54, 1.807) is 14.0 Å². The number of pyridine rings is 1. The number of carbonyl (C=O) groups is 1. The Morgan fingerprint density at radius 2 is 1.93 bits per heavy atom. The standard InChI is InChI=1S/C18H24N6O3/c1-10-8-11(2)23(3)17(27)15(10)16(26)20-12-4-6-24(7-5-12)13-9-14(25)22-18(19)21-13/h8-9,12H,4-7H2,1-3H3,(H,20,26)(H3,19,21,22,25). The predicted octanol–water partition coefficient (Wildman–Crippen LogP) is 0.0664. The summed E-state index contributed by atoms with van der Waals surface area (Å²) >= 11 is 0. The quantitative estimate of drug-likeness (QED) is 0.700. The fraction of sp³-hybridized carbons (Fsp3) is 0.444. The second-order valence-electron chi connectivity index (χ2n) is 6.93. The van der Waals surface area contributed by atoms with Crippen LogP contribution in [0.3, 0.4) is 0 Å². The normalized spacial score (nSPS) is 15.0. The lowest BCUT2D eigenvalue weighted by Gasteiger charge is -2.33. The van der Waals surface area contributed by atoms with Gasteiger partial charge in [0.05, 0.1) is 0 Å². The second-order valence-corrected chi connectivity index (χ2v) is 6.93. The van der Waals surface area contributed by atoms with Crippen molar-refractivity contribution in [1.29, 1.82) is 0 Å². The fourth-order valence-electron chi connectivity index (χ4n) is 3.39. The summed E-state index contributed by atoms with van der Waals surface area (Å²) in [7, 11) is 1.66. The Hall–Kier alpha value is -3.10. The van der Waals surface area contributed by atoms with Crippen LogP contribution in [0.4, 0.5) is 11.8 Å². The SMILES string of the molecule is Cc1cc(C)n(C)c(=O)c1C(=O)NC1CCN(c2cc(=O)[nH]c(N)n2)CC1. The number of amides is 1. The highest BCUT2D eigenvalue weighted by Crippen LogP contribution is 2.17. The van der Waals surface area contributed by atoms with Crippen LogP contribution in [0.15, 0.2) is 21.7 Å². The third-order valence-electron chi connectivity index (χ3n) is 4.99. The van der Waals surface area contributed by atoms with Crippen LogP contribution in [0.1, 0.15) is 34.5 Å². The Kier molecular flexibility index (Phi) is 5.02. The van der Waals surface area contributed by atoms with E-state index in [1.165, 1.54) is 10.6 Å². The molecule has 1 fully saturated rings. The Morgan fingerprint density at radius 1 is 1.26 bits per heavy atom. The molecule has 2 aromatic rings. The minimum absolute atomic E-state index is 0.0431. The van der Waals surface area contributed by atoms with Gasteiger partial charge in [0.2, 0.25) is 5.95 Å². The van der Waals surface area contributed by atoms with Crippen LogP contribution in [0.25, 0.3) is 0 Å². The number of aryl methyl sites for hydroxylation is 2. The minimum Gasteiger partial charge on any atom is -0.369 e. The van der Waals surface area contributed by atoms with Crippen LogP contribution in [0.5, 0.6) is 0 Å². The molecule has 0 aliphatic carbocycles. The van der Waals surface area contributed by atoms with Crippen LogP contribution in [-0.2, 0) is 7.05 Å². The van der Waals surface area contributed by atoms with E-state index in [2.05, 4.69) is 15.3 Å². The largest absolute Gasteiger partial charge is 0.369 e. The molecule has 0 bridgehead atoms. The van der Waals surface area contributed by atoms with Gasteiger partial charge in [-0.05, 0) is 38.3 Å². The maximum absolute atomic E-state index is 12.6. The molecule has 0 unspecified atom stereocenters. The van der Waals surface area contributed by atoms with Gasteiger partial charge in [-0.1, -0.05) is 0 Å². The summed E-state index contributed by atoms with van der Waals surface area (Å²) in [5.74, 6) is 0.271. The minimum atomic E-state index is -0.343. The molecule has 3 rings (SSSR count). The maximum atomic E-state index is 12.6. The molecule has 0 aromatic carbocycles. The molecule has 0 saturated carbocycles. The molecular weight excluding hydrogens is 348 g/mol. The van der Waals surface area contributed by atoms with Gasteiger partial charge in [-0.25, -0.2) is 0 Å². The Bertz CT molecular complexity index is 986. The summed E-state index contributed by atoms with van der Waals surface area (Å²) in [6.45, 7) is 4.87. The van der Waals surface area contributed by atoms with Gasteiger partial charge in [-0.3, -0.25) is 19.4 Å². The van der Waals surface area contributed by atoms with Gasteiger partial charge in [0, 0.05) is 37.9 Å². The van der Waals surface area contributed by atoms with Crippen LogP contribution >= 0.6 is 0 Å². The third kappa shape index (κ3) is 3.86. The number of carbonyl (C=O) groups excluding carboxylic acids is 1. The van der Waals surface area contributed by atoms with E-state index >= 15 is 0 Å². The first-order chi connectivity index (χ1) is 12.8. The van der Waals surface area contributed by atoms with Crippen molar-refractivity contribution in [1.82, 2.24) is 19.9 Å². The molecular formula is C18H24N6O3. The lowest BCUT2D eigenvalue weighted by Crippen LogP contribution is -2.46. The first-order valence-corrected chi connectivity index (χ1v) is 8.86. The molecule has 1 aliphatic rings. The maximum Gasteiger partial charge on any atom is 0.263 e. The van der Waals surface area contributed by atoms with Crippen LogP contribution in [0, 0.1) is 13.8 Å². The number of aromatic nitrogens is 3. The molecule has 0 radical (unpaired) electrons. The number of hydrogen-bond donors (Lipinski definition) is 3. The van der Waals surface area contributed by atoms with Crippen LogP contribution < -0.4 is 27.1 Å². The number of nitrogen functional groups attached to an aromatic ring is 1. The highest BCUT2D eigenvalue weighted by atomic mass is 16.2. The lowest BCUT2D eigenvalue weighted by molar-refractivity contribution is 0.0928. The summed E-state index contributed by atoms with van der Waals surface area (Å²) < 4.78 is 1.48. The Morgan fingerprint density at radius 3 is 2.56 bits per heavy atom. The van der Waals surface area contributed by atoms with E-state index in [0.29, 0.717) is 37.3 Å². The lowest BCUT2D eigenvalue weighted by atomic mass is 10.0. The smallest absolute Gasteiger partial charge is 0.263 e. The summed E-state index contributed by atoms with van der Waals surface area (Å²) in [5, 5.41) is 2.97. The molecule has 1 amide bonds. The van der Waals surface area contributed by atoms with E-state index < -0.39 is 0 Å². The van der Waals surface area contributed by atoms with E-state index in [4.69, 9.17) is 5.73 Å².